The molecule has 0 aromatic carbocycles. The first-order valence-corrected chi connectivity index (χ1v) is 6.50. The van der Waals surface area contributed by atoms with Crippen LogP contribution in [0.3, 0.4) is 0 Å². The lowest BCUT2D eigenvalue weighted by atomic mass is 9.65. The minimum Gasteiger partial charge on any atom is -0.327 e. The number of rotatable bonds is 4. The Labute approximate surface area is 88.4 Å². The van der Waals surface area contributed by atoms with Crippen molar-refractivity contribution >= 4 is 0 Å². The largest absolute Gasteiger partial charge is 0.327 e. The second-order valence-corrected chi connectivity index (χ2v) is 5.53. The molecule has 0 spiro atoms. The van der Waals surface area contributed by atoms with E-state index < -0.39 is 0 Å². The van der Waals surface area contributed by atoms with Gasteiger partial charge in [-0.25, -0.2) is 0 Å². The molecule has 0 heterocycles. The summed E-state index contributed by atoms with van der Waals surface area (Å²) in [6.45, 7) is 4.63. The standard InChI is InChI=1S/C13H25N/c1-3-7-13(8-4-2)11-6-5-10(9-11)12(13)14/h10-12H,3-9,14H2,1-2H3/t10-,11+,12-/m1/s1. The summed E-state index contributed by atoms with van der Waals surface area (Å²) in [5.41, 5.74) is 7.02. The summed E-state index contributed by atoms with van der Waals surface area (Å²) in [6, 6.07) is 0.529. The van der Waals surface area contributed by atoms with E-state index in [0.717, 1.165) is 11.8 Å². The molecule has 1 heteroatoms. The Balaban J connectivity index is 2.16. The summed E-state index contributed by atoms with van der Waals surface area (Å²) in [6.07, 6.45) is 9.72. The van der Waals surface area contributed by atoms with Crippen LogP contribution in [0.4, 0.5) is 0 Å². The first-order valence-electron chi connectivity index (χ1n) is 6.50. The van der Waals surface area contributed by atoms with E-state index in [9.17, 15) is 0 Å². The van der Waals surface area contributed by atoms with Crippen LogP contribution in [0.1, 0.15) is 58.8 Å². The number of nitrogens with two attached hydrogens (primary N) is 1. The molecule has 82 valence electrons. The zero-order chi connectivity index (χ0) is 10.2. The zero-order valence-electron chi connectivity index (χ0n) is 9.76. The van der Waals surface area contributed by atoms with Crippen LogP contribution in [0.5, 0.6) is 0 Å². The lowest BCUT2D eigenvalue weighted by molar-refractivity contribution is 0.103. The second-order valence-electron chi connectivity index (χ2n) is 5.53. The van der Waals surface area contributed by atoms with E-state index in [1.807, 2.05) is 0 Å². The normalized spacial score (nSPS) is 39.2. The quantitative estimate of drug-likeness (QED) is 0.731. The fraction of sp³-hybridized carbons (Fsp3) is 1.00. The molecule has 0 unspecified atom stereocenters. The van der Waals surface area contributed by atoms with Crippen LogP contribution < -0.4 is 5.73 Å². The highest BCUT2D eigenvalue weighted by molar-refractivity contribution is 5.07. The van der Waals surface area contributed by atoms with Crippen molar-refractivity contribution in [1.29, 1.82) is 0 Å². The average molecular weight is 195 g/mol. The van der Waals surface area contributed by atoms with Gasteiger partial charge < -0.3 is 5.73 Å². The highest BCUT2D eigenvalue weighted by Crippen LogP contribution is 2.59. The van der Waals surface area contributed by atoms with Gasteiger partial charge >= 0.3 is 0 Å². The predicted octanol–water partition coefficient (Wildman–Crippen LogP) is 3.33. The molecule has 14 heavy (non-hydrogen) atoms. The molecular weight excluding hydrogens is 170 g/mol. The van der Waals surface area contributed by atoms with Crippen LogP contribution >= 0.6 is 0 Å². The van der Waals surface area contributed by atoms with E-state index in [2.05, 4.69) is 13.8 Å². The molecule has 0 saturated heterocycles. The molecule has 0 amide bonds. The van der Waals surface area contributed by atoms with E-state index in [1.54, 1.807) is 0 Å². The smallest absolute Gasteiger partial charge is 0.0127 e. The lowest BCUT2D eigenvalue weighted by Gasteiger charge is -2.42. The molecular formula is C13H25N. The number of hydrogen-bond acceptors (Lipinski definition) is 1. The molecule has 2 aliphatic rings. The van der Waals surface area contributed by atoms with Gasteiger partial charge in [0.1, 0.15) is 0 Å². The third-order valence-electron chi connectivity index (χ3n) is 4.89. The van der Waals surface area contributed by atoms with Crippen LogP contribution in [0.25, 0.3) is 0 Å². The van der Waals surface area contributed by atoms with Gasteiger partial charge in [-0.05, 0) is 49.4 Å². The fourth-order valence-electron chi connectivity index (χ4n) is 4.40. The van der Waals surface area contributed by atoms with Crippen molar-refractivity contribution in [3.8, 4) is 0 Å². The van der Waals surface area contributed by atoms with E-state index in [0.29, 0.717) is 11.5 Å². The van der Waals surface area contributed by atoms with Crippen molar-refractivity contribution < 1.29 is 0 Å². The summed E-state index contributed by atoms with van der Waals surface area (Å²) >= 11 is 0. The zero-order valence-corrected chi connectivity index (χ0v) is 9.76. The van der Waals surface area contributed by atoms with Crippen LogP contribution in [-0.4, -0.2) is 6.04 Å². The third kappa shape index (κ3) is 1.32. The highest BCUT2D eigenvalue weighted by atomic mass is 14.8. The first kappa shape index (κ1) is 10.5. The van der Waals surface area contributed by atoms with Crippen molar-refractivity contribution in [3.05, 3.63) is 0 Å². The van der Waals surface area contributed by atoms with Gasteiger partial charge in [0.25, 0.3) is 0 Å². The van der Waals surface area contributed by atoms with E-state index in [4.69, 9.17) is 5.73 Å². The van der Waals surface area contributed by atoms with Gasteiger partial charge in [0, 0.05) is 6.04 Å². The van der Waals surface area contributed by atoms with Gasteiger partial charge in [0.05, 0.1) is 0 Å². The maximum absolute atomic E-state index is 6.47. The van der Waals surface area contributed by atoms with E-state index >= 15 is 0 Å². The molecule has 2 saturated carbocycles. The third-order valence-corrected chi connectivity index (χ3v) is 4.89. The van der Waals surface area contributed by atoms with E-state index in [1.165, 1.54) is 44.9 Å². The highest BCUT2D eigenvalue weighted by Gasteiger charge is 2.54. The Morgan fingerprint density at radius 2 is 1.79 bits per heavy atom. The first-order chi connectivity index (χ1) is 6.74. The Morgan fingerprint density at radius 1 is 1.14 bits per heavy atom. The molecule has 2 N–H and O–H groups in total. The maximum atomic E-state index is 6.47. The number of hydrogen-bond donors (Lipinski definition) is 1. The van der Waals surface area contributed by atoms with E-state index in [-0.39, 0.29) is 0 Å². The van der Waals surface area contributed by atoms with Crippen LogP contribution in [-0.2, 0) is 0 Å². The van der Waals surface area contributed by atoms with Gasteiger partial charge in [-0.1, -0.05) is 26.7 Å². The van der Waals surface area contributed by atoms with Crippen molar-refractivity contribution in [2.24, 2.45) is 23.0 Å². The second kappa shape index (κ2) is 3.84. The van der Waals surface area contributed by atoms with Gasteiger partial charge in [-0.3, -0.25) is 0 Å². The molecule has 2 bridgehead atoms. The summed E-state index contributed by atoms with van der Waals surface area (Å²) in [7, 11) is 0. The number of fused-ring (bicyclic) bond motifs is 2. The molecule has 2 rings (SSSR count). The Kier molecular flexibility index (Phi) is 2.88. The molecule has 2 aliphatic carbocycles. The molecule has 3 atom stereocenters. The minimum atomic E-state index is 0.529. The monoisotopic (exact) mass is 195 g/mol. The predicted molar refractivity (Wildman–Crippen MR) is 61.1 cm³/mol. The van der Waals surface area contributed by atoms with Crippen LogP contribution in [0, 0.1) is 17.3 Å². The molecule has 1 nitrogen and oxygen atoms in total. The van der Waals surface area contributed by atoms with Gasteiger partial charge in [0.15, 0.2) is 0 Å². The molecule has 0 aliphatic heterocycles. The van der Waals surface area contributed by atoms with Crippen molar-refractivity contribution in [2.75, 3.05) is 0 Å². The Bertz CT molecular complexity index is 189. The van der Waals surface area contributed by atoms with Gasteiger partial charge in [-0.2, -0.15) is 0 Å². The summed E-state index contributed by atoms with van der Waals surface area (Å²) in [5.74, 6) is 1.85. The minimum absolute atomic E-state index is 0.529. The Hall–Kier alpha value is -0.0400. The summed E-state index contributed by atoms with van der Waals surface area (Å²) in [4.78, 5) is 0. The summed E-state index contributed by atoms with van der Waals surface area (Å²) < 4.78 is 0. The SMILES string of the molecule is CCCC1(CCC)[C@H]2CC[C@H](C2)[C@H]1N. The molecule has 0 radical (unpaired) electrons. The average Bonchev–Trinajstić information content (AvgIpc) is 2.71. The van der Waals surface area contributed by atoms with Crippen LogP contribution in [0.2, 0.25) is 0 Å². The summed E-state index contributed by atoms with van der Waals surface area (Å²) in [5, 5.41) is 0. The van der Waals surface area contributed by atoms with Crippen molar-refractivity contribution in [3.63, 3.8) is 0 Å². The molecule has 0 aromatic heterocycles. The lowest BCUT2D eigenvalue weighted by Crippen LogP contribution is -2.46. The maximum Gasteiger partial charge on any atom is 0.0127 e. The topological polar surface area (TPSA) is 26.0 Å². The Morgan fingerprint density at radius 3 is 2.21 bits per heavy atom. The molecule has 0 aromatic rings. The van der Waals surface area contributed by atoms with Crippen molar-refractivity contribution in [2.45, 2.75) is 64.8 Å². The van der Waals surface area contributed by atoms with Gasteiger partial charge in [0.2, 0.25) is 0 Å². The molecule has 2 fully saturated rings. The van der Waals surface area contributed by atoms with Gasteiger partial charge in [-0.15, -0.1) is 0 Å². The fourth-order valence-corrected chi connectivity index (χ4v) is 4.40. The van der Waals surface area contributed by atoms with Crippen molar-refractivity contribution in [1.82, 2.24) is 0 Å². The van der Waals surface area contributed by atoms with Crippen LogP contribution in [0.15, 0.2) is 0 Å².